The Labute approximate surface area is 193 Å². The van der Waals surface area contributed by atoms with Gasteiger partial charge in [-0.2, -0.15) is 0 Å². The monoisotopic (exact) mass is 468 g/mol. The van der Waals surface area contributed by atoms with Crippen LogP contribution < -0.4 is 5.32 Å². The van der Waals surface area contributed by atoms with Crippen LogP contribution in [0.15, 0.2) is 47.8 Å². The van der Waals surface area contributed by atoms with E-state index in [2.05, 4.69) is 10.3 Å². The van der Waals surface area contributed by atoms with Gasteiger partial charge in [0.25, 0.3) is 11.6 Å². The second kappa shape index (κ2) is 9.45. The number of benzene rings is 2. The van der Waals surface area contributed by atoms with E-state index in [9.17, 15) is 24.1 Å². The van der Waals surface area contributed by atoms with Crippen molar-refractivity contribution in [3.05, 3.63) is 74.9 Å². The molecule has 8 nitrogen and oxygen atoms in total. The van der Waals surface area contributed by atoms with E-state index in [1.54, 1.807) is 29.3 Å². The van der Waals surface area contributed by atoms with Gasteiger partial charge in [-0.25, -0.2) is 9.37 Å². The minimum Gasteiger partial charge on any atom is -0.339 e. The van der Waals surface area contributed by atoms with E-state index in [1.165, 1.54) is 41.7 Å². The van der Waals surface area contributed by atoms with E-state index in [0.29, 0.717) is 53.4 Å². The number of hydrogen-bond acceptors (Lipinski definition) is 6. The van der Waals surface area contributed by atoms with E-state index < -0.39 is 10.7 Å². The van der Waals surface area contributed by atoms with Gasteiger partial charge >= 0.3 is 0 Å². The van der Waals surface area contributed by atoms with Crippen LogP contribution >= 0.6 is 11.3 Å². The summed E-state index contributed by atoms with van der Waals surface area (Å²) >= 11 is 1.25. The molecule has 10 heteroatoms. The number of likely N-dealkylation sites (tertiary alicyclic amines) is 1. The number of hydrogen-bond donors (Lipinski definition) is 1. The Morgan fingerprint density at radius 1 is 1.18 bits per heavy atom. The summed E-state index contributed by atoms with van der Waals surface area (Å²) in [5, 5.41) is 16.2. The summed E-state index contributed by atoms with van der Waals surface area (Å²) in [4.78, 5) is 42.1. The van der Waals surface area contributed by atoms with Crippen molar-refractivity contribution in [1.29, 1.82) is 0 Å². The molecule has 3 aromatic rings. The largest absolute Gasteiger partial charge is 0.339 e. The molecule has 1 fully saturated rings. The van der Waals surface area contributed by atoms with Crippen LogP contribution in [0.4, 0.5) is 15.2 Å². The van der Waals surface area contributed by atoms with Gasteiger partial charge in [0, 0.05) is 47.1 Å². The molecular formula is C23H21FN4O4S. The molecule has 1 saturated heterocycles. The van der Waals surface area contributed by atoms with Crippen LogP contribution in [0.1, 0.15) is 28.8 Å². The number of rotatable bonds is 5. The molecule has 2 aromatic carbocycles. The second-order valence-electron chi connectivity index (χ2n) is 7.86. The molecule has 2 heterocycles. The molecular weight excluding hydrogens is 447 g/mol. The molecule has 1 aliphatic rings. The van der Waals surface area contributed by atoms with Crippen LogP contribution in [0.2, 0.25) is 0 Å². The minimum absolute atomic E-state index is 0.0213. The van der Waals surface area contributed by atoms with Crippen LogP contribution in [-0.4, -0.2) is 39.7 Å². The van der Waals surface area contributed by atoms with E-state index in [-0.39, 0.29) is 23.4 Å². The van der Waals surface area contributed by atoms with Crippen molar-refractivity contribution in [1.82, 2.24) is 9.88 Å². The number of amides is 2. The average Bonchev–Trinajstić information content (AvgIpc) is 3.27. The van der Waals surface area contributed by atoms with Crippen LogP contribution in [0.5, 0.6) is 0 Å². The molecule has 4 rings (SSSR count). The van der Waals surface area contributed by atoms with E-state index in [1.807, 2.05) is 0 Å². The quantitative estimate of drug-likeness (QED) is 0.433. The first-order chi connectivity index (χ1) is 15.8. The summed E-state index contributed by atoms with van der Waals surface area (Å²) < 4.78 is 13.1. The Morgan fingerprint density at radius 2 is 1.88 bits per heavy atom. The number of nitrogens with one attached hydrogen (secondary N) is 1. The van der Waals surface area contributed by atoms with Gasteiger partial charge in [0.1, 0.15) is 5.82 Å². The summed E-state index contributed by atoms with van der Waals surface area (Å²) in [6.07, 6.45) is 1.03. The fraction of sp³-hybridized carbons (Fsp3) is 0.261. The highest BCUT2D eigenvalue weighted by molar-refractivity contribution is 7.14. The zero-order valence-electron chi connectivity index (χ0n) is 17.8. The van der Waals surface area contributed by atoms with Gasteiger partial charge in [-0.1, -0.05) is 12.1 Å². The highest BCUT2D eigenvalue weighted by Gasteiger charge is 2.28. The molecule has 2 amide bonds. The van der Waals surface area contributed by atoms with Gasteiger partial charge in [-0.15, -0.1) is 11.3 Å². The third-order valence-corrected chi connectivity index (χ3v) is 6.44. The number of nitro groups is 1. The Hall–Kier alpha value is -3.66. The Morgan fingerprint density at radius 3 is 2.55 bits per heavy atom. The molecule has 170 valence electrons. The van der Waals surface area contributed by atoms with E-state index in [0.717, 1.165) is 0 Å². The third-order valence-electron chi connectivity index (χ3n) is 5.68. The first-order valence-electron chi connectivity index (χ1n) is 10.4. The molecule has 0 saturated carbocycles. The van der Waals surface area contributed by atoms with Crippen LogP contribution in [0.25, 0.3) is 11.3 Å². The summed E-state index contributed by atoms with van der Waals surface area (Å²) in [6.45, 7) is 2.54. The van der Waals surface area contributed by atoms with Crippen molar-refractivity contribution < 1.29 is 18.9 Å². The lowest BCUT2D eigenvalue weighted by Gasteiger charge is -2.31. The third kappa shape index (κ3) is 5.06. The molecule has 0 aliphatic carbocycles. The predicted octanol–water partition coefficient (Wildman–Crippen LogP) is 4.66. The number of anilines is 1. The average molecular weight is 469 g/mol. The van der Waals surface area contributed by atoms with Crippen LogP contribution in [0.3, 0.4) is 0 Å². The number of carbonyl (C=O) groups excluding carboxylic acids is 2. The second-order valence-corrected chi connectivity index (χ2v) is 8.72. The topological polar surface area (TPSA) is 105 Å². The maximum Gasteiger partial charge on any atom is 0.272 e. The maximum atomic E-state index is 13.1. The summed E-state index contributed by atoms with van der Waals surface area (Å²) in [5.74, 6) is -0.992. The normalized spacial score (nSPS) is 14.2. The number of nitro benzene ring substituents is 1. The number of thiazole rings is 1. The summed E-state index contributed by atoms with van der Waals surface area (Å²) in [6, 6.07) is 10.3. The highest BCUT2D eigenvalue weighted by Crippen LogP contribution is 2.30. The van der Waals surface area contributed by atoms with Crippen LogP contribution in [0, 0.1) is 28.8 Å². The van der Waals surface area contributed by atoms with Crippen molar-refractivity contribution in [2.45, 2.75) is 19.8 Å². The molecule has 1 aromatic heterocycles. The minimum atomic E-state index is -0.429. The van der Waals surface area contributed by atoms with Crippen molar-refractivity contribution >= 4 is 34.0 Å². The van der Waals surface area contributed by atoms with Gasteiger partial charge < -0.3 is 10.2 Å². The van der Waals surface area contributed by atoms with Gasteiger partial charge in [-0.3, -0.25) is 19.7 Å². The molecule has 33 heavy (non-hydrogen) atoms. The van der Waals surface area contributed by atoms with Crippen molar-refractivity contribution in [3.63, 3.8) is 0 Å². The Balaban J connectivity index is 1.35. The lowest BCUT2D eigenvalue weighted by atomic mass is 9.95. The van der Waals surface area contributed by atoms with Gasteiger partial charge in [0.15, 0.2) is 5.13 Å². The SMILES string of the molecule is Cc1ccc(-c2csc(NC(=O)C3CCN(C(=O)c4ccc(F)cc4)CC3)n2)cc1[N+](=O)[O-]. The predicted molar refractivity (Wildman–Crippen MR) is 123 cm³/mol. The molecule has 0 atom stereocenters. The number of nitrogens with zero attached hydrogens (tertiary/aromatic N) is 3. The lowest BCUT2D eigenvalue weighted by molar-refractivity contribution is -0.385. The zero-order chi connectivity index (χ0) is 23.5. The van der Waals surface area contributed by atoms with Gasteiger partial charge in [0.2, 0.25) is 5.91 Å². The van der Waals surface area contributed by atoms with Gasteiger partial charge in [0.05, 0.1) is 10.6 Å². The first kappa shape index (κ1) is 22.5. The van der Waals surface area contributed by atoms with E-state index >= 15 is 0 Å². The number of piperidine rings is 1. The fourth-order valence-corrected chi connectivity index (χ4v) is 4.48. The maximum absolute atomic E-state index is 13.1. The van der Waals surface area contributed by atoms with Crippen molar-refractivity contribution in [2.75, 3.05) is 18.4 Å². The fourth-order valence-electron chi connectivity index (χ4n) is 3.76. The first-order valence-corrected chi connectivity index (χ1v) is 11.3. The highest BCUT2D eigenvalue weighted by atomic mass is 32.1. The Bertz CT molecular complexity index is 1200. The number of halogens is 1. The van der Waals surface area contributed by atoms with Gasteiger partial charge in [-0.05, 0) is 44.0 Å². The smallest absolute Gasteiger partial charge is 0.272 e. The van der Waals surface area contributed by atoms with Crippen molar-refractivity contribution in [3.8, 4) is 11.3 Å². The van der Waals surface area contributed by atoms with Crippen molar-refractivity contribution in [2.24, 2.45) is 5.92 Å². The van der Waals surface area contributed by atoms with E-state index in [4.69, 9.17) is 0 Å². The van der Waals surface area contributed by atoms with Crippen LogP contribution in [-0.2, 0) is 4.79 Å². The summed E-state index contributed by atoms with van der Waals surface area (Å²) in [5.41, 5.74) is 2.17. The number of carbonyl (C=O) groups is 2. The summed E-state index contributed by atoms with van der Waals surface area (Å²) in [7, 11) is 0. The molecule has 0 bridgehead atoms. The molecule has 0 spiro atoms. The molecule has 1 aliphatic heterocycles. The number of aromatic nitrogens is 1. The molecule has 0 radical (unpaired) electrons. The standard InChI is InChI=1S/C23H21FN4O4S/c1-14-2-3-17(12-20(14)28(31)32)19-13-33-23(25-19)26-21(29)15-8-10-27(11-9-15)22(30)16-4-6-18(24)7-5-16/h2-7,12-13,15H,8-11H2,1H3,(H,25,26,29). The Kier molecular flexibility index (Phi) is 6.45. The molecule has 0 unspecified atom stereocenters. The zero-order valence-corrected chi connectivity index (χ0v) is 18.6. The molecule has 1 N–H and O–H groups in total. The number of aryl methyl sites for hydroxylation is 1. The lowest BCUT2D eigenvalue weighted by Crippen LogP contribution is -2.41.